The summed E-state index contributed by atoms with van der Waals surface area (Å²) in [6, 6.07) is 16.3. The minimum Gasteiger partial charge on any atom is -0.349 e. The Hall–Kier alpha value is -1.88. The third-order valence-corrected chi connectivity index (χ3v) is 5.91. The van der Waals surface area contributed by atoms with E-state index in [1.807, 2.05) is 51.4 Å². The summed E-state index contributed by atoms with van der Waals surface area (Å²) in [6.45, 7) is 2.56. The predicted molar refractivity (Wildman–Crippen MR) is 107 cm³/mol. The van der Waals surface area contributed by atoms with Gasteiger partial charge in [-0.15, -0.1) is 11.3 Å². The Balaban J connectivity index is 1.79. The Kier molecular flexibility index (Phi) is 5.42. The first-order valence-electron chi connectivity index (χ1n) is 8.15. The van der Waals surface area contributed by atoms with Crippen molar-refractivity contribution in [2.45, 2.75) is 13.0 Å². The molecular weight excluding hydrogens is 352 g/mol. The van der Waals surface area contributed by atoms with E-state index < -0.39 is 0 Å². The number of benzene rings is 2. The number of likely N-dealkylation sites (N-methyl/N-ethyl adjacent to an activating group) is 1. The molecule has 5 heteroatoms. The SMILES string of the molecule is Cc1ccc2c(Cl)c(C(=O)NC[C@H](c3ccccc3)N(C)C)sc2c1. The lowest BCUT2D eigenvalue weighted by molar-refractivity contribution is 0.0946. The number of aryl methyl sites for hydroxylation is 1. The molecule has 0 unspecified atom stereocenters. The number of hydrogen-bond donors (Lipinski definition) is 1. The summed E-state index contributed by atoms with van der Waals surface area (Å²) in [6.07, 6.45) is 0. The van der Waals surface area contributed by atoms with Crippen LogP contribution in [0.2, 0.25) is 5.02 Å². The number of hydrogen-bond acceptors (Lipinski definition) is 3. The average molecular weight is 373 g/mol. The molecule has 1 N–H and O–H groups in total. The van der Waals surface area contributed by atoms with E-state index in [0.29, 0.717) is 16.4 Å². The molecule has 0 bridgehead atoms. The number of halogens is 1. The molecule has 0 aliphatic carbocycles. The molecule has 130 valence electrons. The van der Waals surface area contributed by atoms with Crippen LogP contribution in [0.15, 0.2) is 48.5 Å². The van der Waals surface area contributed by atoms with Gasteiger partial charge < -0.3 is 10.2 Å². The zero-order chi connectivity index (χ0) is 18.0. The molecule has 1 amide bonds. The minimum absolute atomic E-state index is 0.112. The van der Waals surface area contributed by atoms with Gasteiger partial charge in [0.15, 0.2) is 0 Å². The van der Waals surface area contributed by atoms with Crippen molar-refractivity contribution >= 4 is 38.9 Å². The van der Waals surface area contributed by atoms with Crippen molar-refractivity contribution in [3.8, 4) is 0 Å². The predicted octanol–water partition coefficient (Wildman–Crippen LogP) is 4.90. The van der Waals surface area contributed by atoms with Gasteiger partial charge in [-0.3, -0.25) is 4.79 Å². The van der Waals surface area contributed by atoms with E-state index >= 15 is 0 Å². The fourth-order valence-electron chi connectivity index (χ4n) is 2.86. The van der Waals surface area contributed by atoms with Crippen LogP contribution in [-0.2, 0) is 0 Å². The van der Waals surface area contributed by atoms with Gasteiger partial charge in [0.1, 0.15) is 4.88 Å². The molecule has 1 heterocycles. The Labute approximate surface area is 157 Å². The van der Waals surface area contributed by atoms with Crippen LogP contribution >= 0.6 is 22.9 Å². The Morgan fingerprint density at radius 2 is 1.92 bits per heavy atom. The zero-order valence-electron chi connectivity index (χ0n) is 14.5. The topological polar surface area (TPSA) is 32.3 Å². The fourth-order valence-corrected chi connectivity index (χ4v) is 4.39. The molecule has 1 aromatic heterocycles. The summed E-state index contributed by atoms with van der Waals surface area (Å²) in [5.41, 5.74) is 2.33. The monoisotopic (exact) mass is 372 g/mol. The second-order valence-corrected chi connectivity index (χ2v) is 7.78. The van der Waals surface area contributed by atoms with Crippen LogP contribution in [0, 0.1) is 6.92 Å². The molecule has 0 saturated carbocycles. The van der Waals surface area contributed by atoms with Crippen molar-refractivity contribution in [3.05, 3.63) is 69.6 Å². The van der Waals surface area contributed by atoms with E-state index in [0.717, 1.165) is 15.6 Å². The van der Waals surface area contributed by atoms with Gasteiger partial charge in [0.2, 0.25) is 0 Å². The lowest BCUT2D eigenvalue weighted by Gasteiger charge is -2.25. The van der Waals surface area contributed by atoms with E-state index in [9.17, 15) is 4.79 Å². The molecule has 0 aliphatic rings. The van der Waals surface area contributed by atoms with Gasteiger partial charge in [0, 0.05) is 16.6 Å². The summed E-state index contributed by atoms with van der Waals surface area (Å²) < 4.78 is 1.04. The number of carbonyl (C=O) groups is 1. The van der Waals surface area contributed by atoms with E-state index in [1.54, 1.807) is 0 Å². The molecule has 0 spiro atoms. The van der Waals surface area contributed by atoms with Gasteiger partial charge in [-0.05, 0) is 38.2 Å². The molecule has 0 aliphatic heterocycles. The van der Waals surface area contributed by atoms with E-state index in [4.69, 9.17) is 11.6 Å². The standard InChI is InChI=1S/C20H21ClN2OS/c1-13-9-10-15-17(11-13)25-19(18(15)21)20(24)22-12-16(23(2)3)14-7-5-4-6-8-14/h4-11,16H,12H2,1-3H3,(H,22,24)/t16-/m1/s1. The zero-order valence-corrected chi connectivity index (χ0v) is 16.1. The Bertz CT molecular complexity index is 889. The first-order valence-corrected chi connectivity index (χ1v) is 9.35. The molecular formula is C20H21ClN2OS. The first kappa shape index (κ1) is 17.9. The van der Waals surface area contributed by atoms with Gasteiger partial charge in [0.25, 0.3) is 5.91 Å². The molecule has 3 rings (SSSR count). The lowest BCUT2D eigenvalue weighted by Crippen LogP contribution is -2.34. The molecule has 25 heavy (non-hydrogen) atoms. The fraction of sp³-hybridized carbons (Fsp3) is 0.250. The molecule has 0 fully saturated rings. The van der Waals surface area contributed by atoms with Gasteiger partial charge in [-0.1, -0.05) is 54.1 Å². The lowest BCUT2D eigenvalue weighted by atomic mass is 10.1. The van der Waals surface area contributed by atoms with Crippen molar-refractivity contribution in [2.24, 2.45) is 0 Å². The normalized spacial score (nSPS) is 12.5. The minimum atomic E-state index is -0.119. The highest BCUT2D eigenvalue weighted by Gasteiger charge is 2.20. The van der Waals surface area contributed by atoms with Gasteiger partial charge >= 0.3 is 0 Å². The van der Waals surface area contributed by atoms with Crippen LogP contribution in [0.25, 0.3) is 10.1 Å². The van der Waals surface area contributed by atoms with Crippen molar-refractivity contribution in [1.82, 2.24) is 10.2 Å². The molecule has 3 aromatic rings. The average Bonchev–Trinajstić information content (AvgIpc) is 2.91. The number of amides is 1. The smallest absolute Gasteiger partial charge is 0.262 e. The maximum absolute atomic E-state index is 12.7. The molecule has 0 saturated heterocycles. The Morgan fingerprint density at radius 1 is 1.20 bits per heavy atom. The van der Waals surface area contributed by atoms with Crippen LogP contribution in [0.1, 0.15) is 26.8 Å². The highest BCUT2D eigenvalue weighted by Crippen LogP contribution is 2.35. The number of rotatable bonds is 5. The highest BCUT2D eigenvalue weighted by atomic mass is 35.5. The quantitative estimate of drug-likeness (QED) is 0.691. The summed E-state index contributed by atoms with van der Waals surface area (Å²) in [4.78, 5) is 15.4. The maximum Gasteiger partial charge on any atom is 0.262 e. The van der Waals surface area contributed by atoms with Crippen molar-refractivity contribution in [3.63, 3.8) is 0 Å². The molecule has 1 atom stereocenters. The number of thiophene rings is 1. The second kappa shape index (κ2) is 7.56. The van der Waals surface area contributed by atoms with E-state index in [2.05, 4.69) is 28.4 Å². The largest absolute Gasteiger partial charge is 0.349 e. The summed E-state index contributed by atoms with van der Waals surface area (Å²) in [5, 5.41) is 4.52. The number of nitrogens with zero attached hydrogens (tertiary/aromatic N) is 1. The number of nitrogens with one attached hydrogen (secondary N) is 1. The van der Waals surface area contributed by atoms with Crippen molar-refractivity contribution in [1.29, 1.82) is 0 Å². The summed E-state index contributed by atoms with van der Waals surface area (Å²) in [7, 11) is 4.03. The van der Waals surface area contributed by atoms with Crippen LogP contribution < -0.4 is 5.32 Å². The molecule has 0 radical (unpaired) electrons. The molecule has 3 nitrogen and oxygen atoms in total. The van der Waals surface area contributed by atoms with Gasteiger partial charge in [-0.2, -0.15) is 0 Å². The van der Waals surface area contributed by atoms with Crippen LogP contribution in [0.3, 0.4) is 0 Å². The molecule has 2 aromatic carbocycles. The van der Waals surface area contributed by atoms with Crippen molar-refractivity contribution in [2.75, 3.05) is 20.6 Å². The Morgan fingerprint density at radius 3 is 2.60 bits per heavy atom. The number of carbonyl (C=O) groups excluding carboxylic acids is 1. The van der Waals surface area contributed by atoms with Crippen LogP contribution in [-0.4, -0.2) is 31.4 Å². The van der Waals surface area contributed by atoms with Crippen molar-refractivity contribution < 1.29 is 4.79 Å². The number of fused-ring (bicyclic) bond motifs is 1. The second-order valence-electron chi connectivity index (χ2n) is 6.34. The van der Waals surface area contributed by atoms with Gasteiger partial charge in [0.05, 0.1) is 11.1 Å². The van der Waals surface area contributed by atoms with E-state index in [1.165, 1.54) is 16.9 Å². The third kappa shape index (κ3) is 3.87. The first-order chi connectivity index (χ1) is 12.0. The summed E-state index contributed by atoms with van der Waals surface area (Å²) in [5.74, 6) is -0.119. The van der Waals surface area contributed by atoms with Crippen LogP contribution in [0.5, 0.6) is 0 Å². The van der Waals surface area contributed by atoms with Gasteiger partial charge in [-0.25, -0.2) is 0 Å². The van der Waals surface area contributed by atoms with E-state index in [-0.39, 0.29) is 11.9 Å². The third-order valence-electron chi connectivity index (χ3n) is 4.25. The summed E-state index contributed by atoms with van der Waals surface area (Å²) >= 11 is 7.88. The maximum atomic E-state index is 12.7. The highest BCUT2D eigenvalue weighted by molar-refractivity contribution is 7.21. The van der Waals surface area contributed by atoms with Crippen LogP contribution in [0.4, 0.5) is 0 Å².